The van der Waals surface area contributed by atoms with Gasteiger partial charge in [-0.05, 0) is 37.4 Å². The highest BCUT2D eigenvalue weighted by Gasteiger charge is 2.09. The molecule has 0 aliphatic rings. The van der Waals surface area contributed by atoms with Gasteiger partial charge in [0.05, 0.1) is 18.2 Å². The second-order valence-corrected chi connectivity index (χ2v) is 4.95. The zero-order valence-electron chi connectivity index (χ0n) is 12.2. The molecular formula is C16H16N2O3. The van der Waals surface area contributed by atoms with Gasteiger partial charge in [-0.3, -0.25) is 4.79 Å². The predicted octanol–water partition coefficient (Wildman–Crippen LogP) is 2.66. The predicted molar refractivity (Wildman–Crippen MR) is 79.8 cm³/mol. The molecular weight excluding hydrogens is 268 g/mol. The molecule has 0 bridgehead atoms. The van der Waals surface area contributed by atoms with Crippen LogP contribution in [0.2, 0.25) is 0 Å². The zero-order valence-corrected chi connectivity index (χ0v) is 12.2. The van der Waals surface area contributed by atoms with Crippen LogP contribution in [0.15, 0.2) is 39.7 Å². The molecule has 0 N–H and O–H groups in total. The molecule has 0 radical (unpaired) electrons. The molecule has 0 saturated heterocycles. The SMILES string of the molecule is COc1ccc2ccn(Cc3nc(C)c(C)o3)c(=O)c2c1. The maximum absolute atomic E-state index is 12.5. The van der Waals surface area contributed by atoms with Crippen LogP contribution in [-0.4, -0.2) is 16.7 Å². The third-order valence-electron chi connectivity index (χ3n) is 3.56. The Morgan fingerprint density at radius 3 is 2.76 bits per heavy atom. The van der Waals surface area contributed by atoms with E-state index in [-0.39, 0.29) is 5.56 Å². The van der Waals surface area contributed by atoms with Crippen molar-refractivity contribution in [2.45, 2.75) is 20.4 Å². The van der Waals surface area contributed by atoms with Crippen LogP contribution in [0, 0.1) is 13.8 Å². The lowest BCUT2D eigenvalue weighted by atomic mass is 10.1. The highest BCUT2D eigenvalue weighted by atomic mass is 16.5. The summed E-state index contributed by atoms with van der Waals surface area (Å²) in [5, 5.41) is 1.51. The van der Waals surface area contributed by atoms with Crippen LogP contribution in [0.5, 0.6) is 5.75 Å². The van der Waals surface area contributed by atoms with E-state index < -0.39 is 0 Å². The van der Waals surface area contributed by atoms with Crippen LogP contribution in [0.4, 0.5) is 0 Å². The summed E-state index contributed by atoms with van der Waals surface area (Å²) in [5.41, 5.74) is 0.764. The van der Waals surface area contributed by atoms with Crippen molar-refractivity contribution >= 4 is 10.8 Å². The minimum Gasteiger partial charge on any atom is -0.497 e. The van der Waals surface area contributed by atoms with Gasteiger partial charge in [0.25, 0.3) is 5.56 Å². The lowest BCUT2D eigenvalue weighted by Crippen LogP contribution is -2.20. The largest absolute Gasteiger partial charge is 0.497 e. The first-order chi connectivity index (χ1) is 10.1. The summed E-state index contributed by atoms with van der Waals surface area (Å²) in [7, 11) is 1.58. The molecule has 1 aromatic carbocycles. The smallest absolute Gasteiger partial charge is 0.259 e. The van der Waals surface area contributed by atoms with Crippen molar-refractivity contribution in [2.24, 2.45) is 0 Å². The molecule has 5 nitrogen and oxygen atoms in total. The van der Waals surface area contributed by atoms with E-state index in [1.54, 1.807) is 23.9 Å². The number of rotatable bonds is 3. The van der Waals surface area contributed by atoms with Gasteiger partial charge >= 0.3 is 0 Å². The Morgan fingerprint density at radius 2 is 2.10 bits per heavy atom. The molecule has 0 aliphatic heterocycles. The topological polar surface area (TPSA) is 57.3 Å². The Balaban J connectivity index is 2.06. The standard InChI is InChI=1S/C16H16N2O3/c1-10-11(2)21-15(17-10)9-18-7-6-12-4-5-13(20-3)8-14(12)16(18)19/h4-8H,9H2,1-3H3. The molecule has 0 unspecified atom stereocenters. The normalized spacial score (nSPS) is 11.0. The van der Waals surface area contributed by atoms with Crippen LogP contribution in [0.25, 0.3) is 10.8 Å². The molecule has 0 atom stereocenters. The molecule has 2 heterocycles. The van der Waals surface area contributed by atoms with Crippen molar-refractivity contribution in [3.63, 3.8) is 0 Å². The number of fused-ring (bicyclic) bond motifs is 1. The number of ether oxygens (including phenoxy) is 1. The molecule has 2 aromatic heterocycles. The van der Waals surface area contributed by atoms with E-state index in [1.165, 1.54) is 0 Å². The fourth-order valence-corrected chi connectivity index (χ4v) is 2.26. The summed E-state index contributed by atoms with van der Waals surface area (Å²) >= 11 is 0. The van der Waals surface area contributed by atoms with Crippen LogP contribution in [-0.2, 0) is 6.54 Å². The Bertz CT molecular complexity index is 842. The van der Waals surface area contributed by atoms with Gasteiger partial charge in [-0.25, -0.2) is 4.98 Å². The van der Waals surface area contributed by atoms with E-state index >= 15 is 0 Å². The van der Waals surface area contributed by atoms with Gasteiger partial charge in [0.15, 0.2) is 0 Å². The van der Waals surface area contributed by atoms with Gasteiger partial charge in [0.1, 0.15) is 18.1 Å². The van der Waals surface area contributed by atoms with Gasteiger partial charge in [-0.15, -0.1) is 0 Å². The van der Waals surface area contributed by atoms with E-state index in [0.717, 1.165) is 16.8 Å². The summed E-state index contributed by atoms with van der Waals surface area (Å²) in [6, 6.07) is 7.37. The third-order valence-corrected chi connectivity index (χ3v) is 3.56. The molecule has 0 spiro atoms. The van der Waals surface area contributed by atoms with Crippen molar-refractivity contribution in [1.82, 2.24) is 9.55 Å². The highest BCUT2D eigenvalue weighted by molar-refractivity contribution is 5.82. The summed E-state index contributed by atoms with van der Waals surface area (Å²) < 4.78 is 12.3. The molecule has 0 saturated carbocycles. The number of hydrogen-bond acceptors (Lipinski definition) is 4. The second kappa shape index (κ2) is 5.09. The molecule has 0 fully saturated rings. The quantitative estimate of drug-likeness (QED) is 0.742. The number of benzene rings is 1. The maximum atomic E-state index is 12.5. The van der Waals surface area contributed by atoms with Gasteiger partial charge < -0.3 is 13.7 Å². The number of aromatic nitrogens is 2. The number of pyridine rings is 1. The van der Waals surface area contributed by atoms with Crippen molar-refractivity contribution in [3.05, 3.63) is 58.2 Å². The summed E-state index contributed by atoms with van der Waals surface area (Å²) in [6.07, 6.45) is 1.76. The molecule has 3 rings (SSSR count). The minimum absolute atomic E-state index is 0.0834. The van der Waals surface area contributed by atoms with Crippen LogP contribution in [0.1, 0.15) is 17.3 Å². The van der Waals surface area contributed by atoms with E-state index in [2.05, 4.69) is 4.98 Å². The fourth-order valence-electron chi connectivity index (χ4n) is 2.26. The average Bonchev–Trinajstić information content (AvgIpc) is 2.80. The first-order valence-corrected chi connectivity index (χ1v) is 6.68. The maximum Gasteiger partial charge on any atom is 0.259 e. The van der Waals surface area contributed by atoms with Gasteiger partial charge in [-0.1, -0.05) is 6.07 Å². The Morgan fingerprint density at radius 1 is 1.29 bits per heavy atom. The van der Waals surface area contributed by atoms with Crippen molar-refractivity contribution in [1.29, 1.82) is 0 Å². The second-order valence-electron chi connectivity index (χ2n) is 4.95. The van der Waals surface area contributed by atoms with Crippen molar-refractivity contribution in [2.75, 3.05) is 7.11 Å². The highest BCUT2D eigenvalue weighted by Crippen LogP contribution is 2.18. The number of hydrogen-bond donors (Lipinski definition) is 0. The Hall–Kier alpha value is -2.56. The van der Waals surface area contributed by atoms with E-state index in [9.17, 15) is 4.79 Å². The van der Waals surface area contributed by atoms with E-state index in [1.807, 2.05) is 32.0 Å². The lowest BCUT2D eigenvalue weighted by Gasteiger charge is -2.06. The van der Waals surface area contributed by atoms with Crippen LogP contribution in [0.3, 0.4) is 0 Å². The average molecular weight is 284 g/mol. The minimum atomic E-state index is -0.0834. The molecule has 0 amide bonds. The van der Waals surface area contributed by atoms with Gasteiger partial charge in [0, 0.05) is 6.20 Å². The Kier molecular flexibility index (Phi) is 3.25. The van der Waals surface area contributed by atoms with E-state index in [4.69, 9.17) is 9.15 Å². The number of aryl methyl sites for hydroxylation is 2. The lowest BCUT2D eigenvalue weighted by molar-refractivity contribution is 0.415. The van der Waals surface area contributed by atoms with E-state index in [0.29, 0.717) is 23.6 Å². The molecule has 5 heteroatoms. The number of nitrogens with zero attached hydrogens (tertiary/aromatic N) is 2. The fraction of sp³-hybridized carbons (Fsp3) is 0.250. The summed E-state index contributed by atoms with van der Waals surface area (Å²) in [4.78, 5) is 16.8. The first-order valence-electron chi connectivity index (χ1n) is 6.68. The van der Waals surface area contributed by atoms with Gasteiger partial charge in [-0.2, -0.15) is 0 Å². The van der Waals surface area contributed by atoms with Crippen LogP contribution < -0.4 is 10.3 Å². The molecule has 21 heavy (non-hydrogen) atoms. The molecule has 3 aromatic rings. The number of methoxy groups -OCH3 is 1. The first kappa shape index (κ1) is 13.4. The zero-order chi connectivity index (χ0) is 15.0. The molecule has 108 valence electrons. The van der Waals surface area contributed by atoms with Crippen molar-refractivity contribution < 1.29 is 9.15 Å². The molecule has 0 aliphatic carbocycles. The summed E-state index contributed by atoms with van der Waals surface area (Å²) in [6.45, 7) is 4.07. The van der Waals surface area contributed by atoms with Gasteiger partial charge in [0.2, 0.25) is 5.89 Å². The number of oxazole rings is 1. The van der Waals surface area contributed by atoms with Crippen molar-refractivity contribution in [3.8, 4) is 5.75 Å². The Labute approximate surface area is 121 Å². The van der Waals surface area contributed by atoms with Crippen LogP contribution >= 0.6 is 0 Å². The monoisotopic (exact) mass is 284 g/mol. The third kappa shape index (κ3) is 2.42. The summed E-state index contributed by atoms with van der Waals surface area (Å²) in [5.74, 6) is 1.98.